The summed E-state index contributed by atoms with van der Waals surface area (Å²) in [6.07, 6.45) is 0.569. The second kappa shape index (κ2) is 7.97. The van der Waals surface area contributed by atoms with Gasteiger partial charge in [0.15, 0.2) is 0 Å². The molecule has 1 heterocycles. The highest BCUT2D eigenvalue weighted by atomic mass is 32.2. The monoisotopic (exact) mass is 406 g/mol. The summed E-state index contributed by atoms with van der Waals surface area (Å²) in [5, 5.41) is 2.78. The lowest BCUT2D eigenvalue weighted by molar-refractivity contribution is 0.102. The Labute approximate surface area is 164 Å². The number of hydrogen-bond donors (Lipinski definition) is 1. The van der Waals surface area contributed by atoms with Gasteiger partial charge in [-0.05, 0) is 36.8 Å². The van der Waals surface area contributed by atoms with Gasteiger partial charge in [0.1, 0.15) is 17.2 Å². The third-order valence-electron chi connectivity index (χ3n) is 4.43. The lowest BCUT2D eigenvalue weighted by atomic mass is 10.1. The molecule has 0 radical (unpaired) electrons. The highest BCUT2D eigenvalue weighted by Gasteiger charge is 2.29. The molecule has 9 heteroatoms. The lowest BCUT2D eigenvalue weighted by Gasteiger charge is -2.19. The van der Waals surface area contributed by atoms with Crippen molar-refractivity contribution < 1.29 is 27.4 Å². The number of carbonyl (C=O) groups excluding carboxylic acids is 1. The average molecular weight is 406 g/mol. The van der Waals surface area contributed by atoms with Crippen LogP contribution < -0.4 is 23.8 Å². The van der Waals surface area contributed by atoms with Gasteiger partial charge in [0, 0.05) is 18.2 Å². The minimum Gasteiger partial charge on any atom is -0.497 e. The number of benzene rings is 2. The molecule has 1 aliphatic heterocycles. The molecule has 0 saturated carbocycles. The first-order valence-corrected chi connectivity index (χ1v) is 10.2. The fourth-order valence-corrected chi connectivity index (χ4v) is 4.57. The zero-order valence-corrected chi connectivity index (χ0v) is 16.7. The van der Waals surface area contributed by atoms with Crippen LogP contribution in [0.2, 0.25) is 0 Å². The molecule has 1 aliphatic rings. The molecule has 0 aromatic heterocycles. The molecular formula is C19H22N2O6S. The van der Waals surface area contributed by atoms with Crippen molar-refractivity contribution in [2.75, 3.05) is 43.2 Å². The van der Waals surface area contributed by atoms with Crippen LogP contribution >= 0.6 is 0 Å². The summed E-state index contributed by atoms with van der Waals surface area (Å²) in [7, 11) is 1.15. The Morgan fingerprint density at radius 1 is 1.00 bits per heavy atom. The number of carbonyl (C=O) groups is 1. The van der Waals surface area contributed by atoms with Crippen molar-refractivity contribution in [3.63, 3.8) is 0 Å². The normalized spacial score (nSPS) is 15.2. The number of sulfonamides is 1. The van der Waals surface area contributed by atoms with E-state index in [1.54, 1.807) is 36.4 Å². The van der Waals surface area contributed by atoms with E-state index < -0.39 is 15.9 Å². The zero-order valence-electron chi connectivity index (χ0n) is 15.9. The summed E-state index contributed by atoms with van der Waals surface area (Å²) in [5.41, 5.74) is 1.18. The molecule has 0 bridgehead atoms. The van der Waals surface area contributed by atoms with Gasteiger partial charge in [-0.2, -0.15) is 0 Å². The van der Waals surface area contributed by atoms with Gasteiger partial charge >= 0.3 is 0 Å². The minimum atomic E-state index is -3.33. The van der Waals surface area contributed by atoms with Gasteiger partial charge in [0.2, 0.25) is 10.0 Å². The van der Waals surface area contributed by atoms with Crippen molar-refractivity contribution >= 4 is 27.3 Å². The number of nitrogens with zero attached hydrogens (tertiary/aromatic N) is 1. The van der Waals surface area contributed by atoms with Gasteiger partial charge in [-0.15, -0.1) is 0 Å². The molecular weight excluding hydrogens is 384 g/mol. The number of anilines is 2. The predicted octanol–water partition coefficient (Wildman–Crippen LogP) is 2.50. The van der Waals surface area contributed by atoms with E-state index in [1.165, 1.54) is 25.6 Å². The van der Waals surface area contributed by atoms with Crippen LogP contribution in [0.15, 0.2) is 36.4 Å². The van der Waals surface area contributed by atoms with E-state index in [2.05, 4.69) is 5.32 Å². The smallest absolute Gasteiger partial charge is 0.256 e. The predicted molar refractivity (Wildman–Crippen MR) is 106 cm³/mol. The van der Waals surface area contributed by atoms with E-state index in [9.17, 15) is 13.2 Å². The molecule has 1 amide bonds. The van der Waals surface area contributed by atoms with Crippen molar-refractivity contribution in [2.45, 2.75) is 6.42 Å². The molecule has 1 saturated heterocycles. The zero-order chi connectivity index (χ0) is 20.3. The molecule has 0 spiro atoms. The van der Waals surface area contributed by atoms with Gasteiger partial charge in [0.05, 0.1) is 38.5 Å². The number of hydrogen-bond acceptors (Lipinski definition) is 6. The number of ether oxygens (including phenoxy) is 3. The molecule has 2 aromatic carbocycles. The maximum atomic E-state index is 12.8. The van der Waals surface area contributed by atoms with Gasteiger partial charge in [-0.1, -0.05) is 0 Å². The van der Waals surface area contributed by atoms with Crippen LogP contribution in [0.5, 0.6) is 17.2 Å². The minimum absolute atomic E-state index is 0.115. The first kappa shape index (κ1) is 19.8. The van der Waals surface area contributed by atoms with Crippen LogP contribution in [0.25, 0.3) is 0 Å². The van der Waals surface area contributed by atoms with Crippen LogP contribution in [0.3, 0.4) is 0 Å². The number of methoxy groups -OCH3 is 3. The molecule has 1 N–H and O–H groups in total. The Hall–Kier alpha value is -2.94. The first-order chi connectivity index (χ1) is 13.4. The standard InChI is InChI=1S/C19H22N2O6S/c1-25-15-9-13(10-16(12-15)26-2)19(22)20-17-11-14(5-6-18(17)27-3)21-7-4-8-28(21,23)24/h5-6,9-12H,4,7-8H2,1-3H3,(H,20,22). The summed E-state index contributed by atoms with van der Waals surface area (Å²) in [4.78, 5) is 12.8. The fourth-order valence-electron chi connectivity index (χ4n) is 3.01. The third kappa shape index (κ3) is 3.99. The molecule has 0 unspecified atom stereocenters. The summed E-state index contributed by atoms with van der Waals surface area (Å²) < 4.78 is 41.4. The molecule has 150 valence electrons. The Morgan fingerprint density at radius 3 is 2.21 bits per heavy atom. The third-order valence-corrected chi connectivity index (χ3v) is 6.30. The van der Waals surface area contributed by atoms with E-state index in [0.29, 0.717) is 47.2 Å². The van der Waals surface area contributed by atoms with Crippen molar-refractivity contribution in [2.24, 2.45) is 0 Å². The Kier molecular flexibility index (Phi) is 5.64. The quantitative estimate of drug-likeness (QED) is 0.792. The van der Waals surface area contributed by atoms with Crippen molar-refractivity contribution in [3.8, 4) is 17.2 Å². The topological polar surface area (TPSA) is 94.2 Å². The van der Waals surface area contributed by atoms with E-state index in [4.69, 9.17) is 14.2 Å². The van der Waals surface area contributed by atoms with Gasteiger partial charge < -0.3 is 19.5 Å². The van der Waals surface area contributed by atoms with Crippen LogP contribution in [-0.4, -0.2) is 48.0 Å². The summed E-state index contributed by atoms with van der Waals surface area (Å²) in [5.74, 6) is 1.09. The Balaban J connectivity index is 1.93. The van der Waals surface area contributed by atoms with Gasteiger partial charge in [-0.25, -0.2) is 8.42 Å². The highest BCUT2D eigenvalue weighted by molar-refractivity contribution is 7.93. The Bertz CT molecular complexity index is 968. The number of nitrogens with one attached hydrogen (secondary N) is 1. The summed E-state index contributed by atoms with van der Waals surface area (Å²) in [6, 6.07) is 9.71. The molecule has 3 rings (SSSR count). The summed E-state index contributed by atoms with van der Waals surface area (Å²) in [6.45, 7) is 0.412. The van der Waals surface area contributed by atoms with E-state index >= 15 is 0 Å². The van der Waals surface area contributed by atoms with E-state index in [-0.39, 0.29) is 5.75 Å². The molecule has 2 aromatic rings. The molecule has 1 fully saturated rings. The molecule has 0 atom stereocenters. The maximum Gasteiger partial charge on any atom is 0.256 e. The fraction of sp³-hybridized carbons (Fsp3) is 0.316. The average Bonchev–Trinajstić information content (AvgIpc) is 3.06. The van der Waals surface area contributed by atoms with Crippen LogP contribution in [0, 0.1) is 0 Å². The van der Waals surface area contributed by atoms with E-state index in [1.807, 2.05) is 0 Å². The number of rotatable bonds is 6. The van der Waals surface area contributed by atoms with Crippen molar-refractivity contribution in [1.29, 1.82) is 0 Å². The molecule has 8 nitrogen and oxygen atoms in total. The second-order valence-electron chi connectivity index (χ2n) is 6.18. The van der Waals surface area contributed by atoms with Crippen molar-refractivity contribution in [3.05, 3.63) is 42.0 Å². The SMILES string of the molecule is COc1cc(OC)cc(C(=O)Nc2cc(N3CCCS3(=O)=O)ccc2OC)c1. The highest BCUT2D eigenvalue weighted by Crippen LogP contribution is 2.33. The molecule has 28 heavy (non-hydrogen) atoms. The van der Waals surface area contributed by atoms with Crippen LogP contribution in [0.1, 0.15) is 16.8 Å². The Morgan fingerprint density at radius 2 is 1.68 bits per heavy atom. The molecule has 0 aliphatic carbocycles. The van der Waals surface area contributed by atoms with Gasteiger partial charge in [-0.3, -0.25) is 9.10 Å². The largest absolute Gasteiger partial charge is 0.497 e. The van der Waals surface area contributed by atoms with Crippen molar-refractivity contribution in [1.82, 2.24) is 0 Å². The van der Waals surface area contributed by atoms with E-state index in [0.717, 1.165) is 0 Å². The second-order valence-corrected chi connectivity index (χ2v) is 8.19. The maximum absolute atomic E-state index is 12.8. The first-order valence-electron chi connectivity index (χ1n) is 8.61. The summed E-state index contributed by atoms with van der Waals surface area (Å²) >= 11 is 0. The lowest BCUT2D eigenvalue weighted by Crippen LogP contribution is -2.25. The van der Waals surface area contributed by atoms with Crippen LogP contribution in [0.4, 0.5) is 11.4 Å². The van der Waals surface area contributed by atoms with Gasteiger partial charge in [0.25, 0.3) is 5.91 Å². The van der Waals surface area contributed by atoms with Crippen LogP contribution in [-0.2, 0) is 10.0 Å². The number of amides is 1.